The summed E-state index contributed by atoms with van der Waals surface area (Å²) in [5.74, 6) is 1.34. The summed E-state index contributed by atoms with van der Waals surface area (Å²) in [6.45, 7) is 6.98. The molecule has 2 aromatic carbocycles. The molecule has 6 nitrogen and oxygen atoms in total. The molecule has 5 rings (SSSR count). The van der Waals surface area contributed by atoms with Crippen LogP contribution >= 0.6 is 12.4 Å². The van der Waals surface area contributed by atoms with Crippen LogP contribution in [-0.4, -0.2) is 43.9 Å². The molecule has 30 heavy (non-hydrogen) atoms. The fourth-order valence-electron chi connectivity index (χ4n) is 3.90. The first-order valence-electron chi connectivity index (χ1n) is 9.79. The lowest BCUT2D eigenvalue weighted by Crippen LogP contribution is -2.37. The van der Waals surface area contributed by atoms with Gasteiger partial charge in [-0.05, 0) is 37.1 Å². The van der Waals surface area contributed by atoms with Gasteiger partial charge in [0.2, 0.25) is 6.79 Å². The van der Waals surface area contributed by atoms with Crippen molar-refractivity contribution in [3.05, 3.63) is 58.8 Å². The van der Waals surface area contributed by atoms with E-state index < -0.39 is 0 Å². The number of rotatable bonds is 3. The van der Waals surface area contributed by atoms with Crippen LogP contribution in [0.3, 0.4) is 0 Å². The number of hydrogen-bond donors (Lipinski definition) is 0. The molecule has 2 aliphatic rings. The van der Waals surface area contributed by atoms with Crippen LogP contribution in [-0.2, 0) is 4.74 Å². The second kappa shape index (κ2) is 8.13. The first-order chi connectivity index (χ1) is 14.1. The van der Waals surface area contributed by atoms with Gasteiger partial charge in [-0.1, -0.05) is 12.1 Å². The molecular weight excluding hydrogens is 404 g/mol. The molecule has 0 N–H and O–H groups in total. The van der Waals surface area contributed by atoms with Crippen LogP contribution in [0.1, 0.15) is 27.0 Å². The highest BCUT2D eigenvalue weighted by Crippen LogP contribution is 2.40. The van der Waals surface area contributed by atoms with Gasteiger partial charge in [0, 0.05) is 36.3 Å². The number of anilines is 1. The molecule has 0 spiro atoms. The molecule has 0 bridgehead atoms. The Morgan fingerprint density at radius 3 is 2.47 bits per heavy atom. The van der Waals surface area contributed by atoms with E-state index in [9.17, 15) is 4.79 Å². The van der Waals surface area contributed by atoms with E-state index in [1.807, 2.05) is 44.2 Å². The van der Waals surface area contributed by atoms with Crippen molar-refractivity contribution in [2.75, 3.05) is 38.0 Å². The minimum Gasteiger partial charge on any atom is -0.454 e. The molecule has 0 radical (unpaired) electrons. The molecule has 0 amide bonds. The molecule has 0 saturated carbocycles. The summed E-state index contributed by atoms with van der Waals surface area (Å²) in [5.41, 5.74) is 5.21. The third kappa shape index (κ3) is 3.46. The normalized spacial score (nSPS) is 15.2. The van der Waals surface area contributed by atoms with Crippen molar-refractivity contribution in [1.82, 2.24) is 4.98 Å². The zero-order valence-electron chi connectivity index (χ0n) is 16.9. The Kier molecular flexibility index (Phi) is 5.54. The predicted molar refractivity (Wildman–Crippen MR) is 117 cm³/mol. The number of benzene rings is 2. The highest BCUT2D eigenvalue weighted by molar-refractivity contribution is 6.16. The first kappa shape index (κ1) is 20.4. The van der Waals surface area contributed by atoms with E-state index in [4.69, 9.17) is 14.2 Å². The van der Waals surface area contributed by atoms with Crippen molar-refractivity contribution in [2.45, 2.75) is 13.8 Å². The largest absolute Gasteiger partial charge is 0.454 e. The Balaban J connectivity index is 0.00000218. The lowest BCUT2D eigenvalue weighted by Gasteiger charge is -2.31. The summed E-state index contributed by atoms with van der Waals surface area (Å²) in [7, 11) is 0. The molecule has 0 aliphatic carbocycles. The molecule has 1 saturated heterocycles. The number of aryl methyl sites for hydroxylation is 2. The van der Waals surface area contributed by atoms with E-state index in [1.165, 1.54) is 5.56 Å². The number of ketones is 1. The molecule has 0 unspecified atom stereocenters. The summed E-state index contributed by atoms with van der Waals surface area (Å²) in [6.07, 6.45) is 1.69. The zero-order valence-corrected chi connectivity index (χ0v) is 17.8. The number of morpholine rings is 1. The number of hydrogen-bond acceptors (Lipinski definition) is 6. The third-order valence-corrected chi connectivity index (χ3v) is 5.67. The van der Waals surface area contributed by atoms with Gasteiger partial charge in [0.05, 0.1) is 30.0 Å². The monoisotopic (exact) mass is 426 g/mol. The summed E-state index contributed by atoms with van der Waals surface area (Å²) >= 11 is 0. The van der Waals surface area contributed by atoms with Gasteiger partial charge in [-0.2, -0.15) is 0 Å². The Morgan fingerprint density at radius 2 is 1.73 bits per heavy atom. The molecular formula is C23H23ClN2O4. The number of pyridine rings is 1. The lowest BCUT2D eigenvalue weighted by atomic mass is 9.97. The maximum atomic E-state index is 13.5. The number of ether oxygens (including phenoxy) is 3. The Labute approximate surface area is 181 Å². The maximum absolute atomic E-state index is 13.5. The van der Waals surface area contributed by atoms with E-state index in [1.54, 1.807) is 6.20 Å². The van der Waals surface area contributed by atoms with Gasteiger partial charge in [0.1, 0.15) is 0 Å². The summed E-state index contributed by atoms with van der Waals surface area (Å²) < 4.78 is 16.6. The van der Waals surface area contributed by atoms with Crippen LogP contribution in [0.4, 0.5) is 5.69 Å². The smallest absolute Gasteiger partial charge is 0.231 e. The number of carbonyl (C=O) groups excluding carboxylic acids is 1. The average molecular weight is 427 g/mol. The standard InChI is InChI=1S/C23H22N2O4.ClH/c1-14-3-4-16(9-15(14)2)23(26)18-12-24-19-11-21-20(28-13-29-21)10-17(19)22(18)25-5-7-27-8-6-25;/h3-4,9-12H,5-8,13H2,1-2H3;1H. The summed E-state index contributed by atoms with van der Waals surface area (Å²) in [4.78, 5) is 20.3. The number of aromatic nitrogens is 1. The second-order valence-electron chi connectivity index (χ2n) is 7.47. The quantitative estimate of drug-likeness (QED) is 0.588. The molecule has 1 aromatic heterocycles. The van der Waals surface area contributed by atoms with Crippen molar-refractivity contribution in [1.29, 1.82) is 0 Å². The van der Waals surface area contributed by atoms with E-state index in [0.29, 0.717) is 35.8 Å². The topological polar surface area (TPSA) is 60.9 Å². The van der Waals surface area contributed by atoms with Crippen molar-refractivity contribution in [3.8, 4) is 11.5 Å². The van der Waals surface area contributed by atoms with Crippen molar-refractivity contribution in [2.24, 2.45) is 0 Å². The van der Waals surface area contributed by atoms with E-state index >= 15 is 0 Å². The van der Waals surface area contributed by atoms with Gasteiger partial charge in [-0.25, -0.2) is 0 Å². The molecule has 1 fully saturated rings. The van der Waals surface area contributed by atoms with Crippen molar-refractivity contribution < 1.29 is 19.0 Å². The number of halogens is 1. The van der Waals surface area contributed by atoms with Gasteiger partial charge >= 0.3 is 0 Å². The number of fused-ring (bicyclic) bond motifs is 2. The van der Waals surface area contributed by atoms with Crippen LogP contribution < -0.4 is 14.4 Å². The second-order valence-corrected chi connectivity index (χ2v) is 7.47. The summed E-state index contributed by atoms with van der Waals surface area (Å²) in [5, 5.41) is 0.894. The number of carbonyl (C=O) groups is 1. The SMILES string of the molecule is Cc1ccc(C(=O)c2cnc3cc4c(cc3c2N2CCOCC2)OCO4)cc1C.Cl. The fraction of sp³-hybridized carbons (Fsp3) is 0.304. The minimum absolute atomic E-state index is 0. The lowest BCUT2D eigenvalue weighted by molar-refractivity contribution is 0.103. The Bertz CT molecular complexity index is 1130. The highest BCUT2D eigenvalue weighted by Gasteiger charge is 2.25. The molecule has 0 atom stereocenters. The molecule has 2 aliphatic heterocycles. The molecule has 3 aromatic rings. The van der Waals surface area contributed by atoms with Gasteiger partial charge in [-0.3, -0.25) is 9.78 Å². The van der Waals surface area contributed by atoms with Crippen LogP contribution in [0.2, 0.25) is 0 Å². The van der Waals surface area contributed by atoms with Crippen molar-refractivity contribution in [3.63, 3.8) is 0 Å². The van der Waals surface area contributed by atoms with Gasteiger partial charge < -0.3 is 19.1 Å². The van der Waals surface area contributed by atoms with Crippen LogP contribution in [0, 0.1) is 13.8 Å². The van der Waals surface area contributed by atoms with E-state index in [-0.39, 0.29) is 25.0 Å². The predicted octanol–water partition coefficient (Wildman–Crippen LogP) is 4.07. The molecule has 7 heteroatoms. The van der Waals surface area contributed by atoms with Crippen LogP contribution in [0.25, 0.3) is 10.9 Å². The zero-order chi connectivity index (χ0) is 20.0. The number of nitrogens with zero attached hydrogens (tertiary/aromatic N) is 2. The minimum atomic E-state index is -0.0262. The molecule has 3 heterocycles. The van der Waals surface area contributed by atoms with Gasteiger partial charge in [0.15, 0.2) is 17.3 Å². The van der Waals surface area contributed by atoms with Gasteiger partial charge in [-0.15, -0.1) is 12.4 Å². The summed E-state index contributed by atoms with van der Waals surface area (Å²) in [6, 6.07) is 9.64. The van der Waals surface area contributed by atoms with Crippen LogP contribution in [0.15, 0.2) is 36.5 Å². The van der Waals surface area contributed by atoms with E-state index in [0.717, 1.165) is 35.2 Å². The maximum Gasteiger partial charge on any atom is 0.231 e. The fourth-order valence-corrected chi connectivity index (χ4v) is 3.90. The Morgan fingerprint density at radius 1 is 1.00 bits per heavy atom. The van der Waals surface area contributed by atoms with Gasteiger partial charge in [0.25, 0.3) is 0 Å². The first-order valence-corrected chi connectivity index (χ1v) is 9.79. The average Bonchev–Trinajstić information content (AvgIpc) is 3.20. The Hall–Kier alpha value is -2.83. The molecule has 156 valence electrons. The highest BCUT2D eigenvalue weighted by atomic mass is 35.5. The van der Waals surface area contributed by atoms with Crippen molar-refractivity contribution >= 4 is 34.8 Å². The van der Waals surface area contributed by atoms with E-state index in [2.05, 4.69) is 9.88 Å². The third-order valence-electron chi connectivity index (χ3n) is 5.67. The van der Waals surface area contributed by atoms with Crippen LogP contribution in [0.5, 0.6) is 11.5 Å².